The van der Waals surface area contributed by atoms with Crippen molar-refractivity contribution in [2.45, 2.75) is 26.2 Å². The molecular formula is C12H14BrFO2. The van der Waals surface area contributed by atoms with Crippen LogP contribution in [0.25, 0.3) is 0 Å². The van der Waals surface area contributed by atoms with E-state index < -0.39 is 5.82 Å². The van der Waals surface area contributed by atoms with Gasteiger partial charge in [-0.3, -0.25) is 4.79 Å². The Bertz CT molecular complexity index is 391. The molecule has 1 aromatic rings. The van der Waals surface area contributed by atoms with Gasteiger partial charge < -0.3 is 4.74 Å². The number of benzene rings is 1. The van der Waals surface area contributed by atoms with Gasteiger partial charge in [0.25, 0.3) is 0 Å². The van der Waals surface area contributed by atoms with Crippen molar-refractivity contribution in [3.8, 4) is 5.75 Å². The summed E-state index contributed by atoms with van der Waals surface area (Å²) in [5.74, 6) is -0.148. The van der Waals surface area contributed by atoms with Crippen LogP contribution in [-0.2, 0) is 0 Å². The number of Topliss-reactive ketones (excluding diaryl/α,β-unsaturated/α-hetero) is 1. The Morgan fingerprint density at radius 2 is 2.19 bits per heavy atom. The number of methoxy groups -OCH3 is 1. The number of rotatable bonds is 5. The minimum Gasteiger partial charge on any atom is -0.496 e. The Hall–Kier alpha value is -0.900. The number of hydrogen-bond donors (Lipinski definition) is 0. The zero-order chi connectivity index (χ0) is 12.1. The van der Waals surface area contributed by atoms with Crippen LogP contribution >= 0.6 is 15.9 Å². The lowest BCUT2D eigenvalue weighted by Crippen LogP contribution is -2.03. The maximum Gasteiger partial charge on any atom is 0.166 e. The van der Waals surface area contributed by atoms with E-state index in [1.807, 2.05) is 6.92 Å². The zero-order valence-corrected chi connectivity index (χ0v) is 10.9. The number of carbonyl (C=O) groups excluding carboxylic acids is 1. The highest BCUT2D eigenvalue weighted by molar-refractivity contribution is 9.10. The van der Waals surface area contributed by atoms with Gasteiger partial charge in [-0.2, -0.15) is 0 Å². The standard InChI is InChI=1S/C12H14BrFO2/c1-3-4-5-11(15)8-6-9(13)10(14)7-12(8)16-2/h6-7H,3-5H2,1-2H3. The van der Waals surface area contributed by atoms with Crippen molar-refractivity contribution in [2.75, 3.05) is 7.11 Å². The smallest absolute Gasteiger partial charge is 0.166 e. The van der Waals surface area contributed by atoms with E-state index in [-0.39, 0.29) is 10.3 Å². The Morgan fingerprint density at radius 1 is 1.50 bits per heavy atom. The topological polar surface area (TPSA) is 26.3 Å². The number of carbonyl (C=O) groups is 1. The van der Waals surface area contributed by atoms with E-state index in [0.717, 1.165) is 12.8 Å². The molecule has 0 saturated carbocycles. The first kappa shape index (κ1) is 13.2. The van der Waals surface area contributed by atoms with Gasteiger partial charge in [-0.15, -0.1) is 0 Å². The Labute approximate surface area is 103 Å². The van der Waals surface area contributed by atoms with Gasteiger partial charge >= 0.3 is 0 Å². The molecule has 88 valence electrons. The lowest BCUT2D eigenvalue weighted by Gasteiger charge is -2.08. The van der Waals surface area contributed by atoms with Crippen molar-refractivity contribution in [1.29, 1.82) is 0 Å². The minimum absolute atomic E-state index is 0.0144. The largest absolute Gasteiger partial charge is 0.496 e. The highest BCUT2D eigenvalue weighted by atomic mass is 79.9. The zero-order valence-electron chi connectivity index (χ0n) is 9.35. The fourth-order valence-electron chi connectivity index (χ4n) is 1.39. The summed E-state index contributed by atoms with van der Waals surface area (Å²) in [5.41, 5.74) is 0.434. The summed E-state index contributed by atoms with van der Waals surface area (Å²) in [4.78, 5) is 11.8. The Balaban J connectivity index is 3.02. The second kappa shape index (κ2) is 5.99. The van der Waals surface area contributed by atoms with Crippen LogP contribution < -0.4 is 4.74 Å². The fourth-order valence-corrected chi connectivity index (χ4v) is 1.73. The van der Waals surface area contributed by atoms with Crippen LogP contribution in [0.2, 0.25) is 0 Å². The summed E-state index contributed by atoms with van der Waals surface area (Å²) in [6.07, 6.45) is 2.25. The lowest BCUT2D eigenvalue weighted by atomic mass is 10.0. The number of ether oxygens (including phenoxy) is 1. The molecule has 0 bridgehead atoms. The van der Waals surface area contributed by atoms with Gasteiger partial charge in [0.15, 0.2) is 5.78 Å². The Kier molecular flexibility index (Phi) is 4.93. The van der Waals surface area contributed by atoms with Gasteiger partial charge in [0.05, 0.1) is 17.1 Å². The summed E-state index contributed by atoms with van der Waals surface area (Å²) >= 11 is 3.06. The average Bonchev–Trinajstić information content (AvgIpc) is 2.28. The van der Waals surface area contributed by atoms with Crippen LogP contribution in [-0.4, -0.2) is 12.9 Å². The molecule has 0 atom stereocenters. The molecule has 1 aromatic carbocycles. The molecule has 0 aliphatic heterocycles. The first-order chi connectivity index (χ1) is 7.60. The molecule has 0 N–H and O–H groups in total. The number of hydrogen-bond acceptors (Lipinski definition) is 2. The third-order valence-electron chi connectivity index (χ3n) is 2.30. The molecular weight excluding hydrogens is 275 g/mol. The molecule has 0 saturated heterocycles. The van der Waals surface area contributed by atoms with Gasteiger partial charge in [0.1, 0.15) is 11.6 Å². The maximum absolute atomic E-state index is 13.2. The van der Waals surface area contributed by atoms with Crippen molar-refractivity contribution in [3.63, 3.8) is 0 Å². The third-order valence-corrected chi connectivity index (χ3v) is 2.91. The van der Waals surface area contributed by atoms with Crippen LogP contribution in [0.4, 0.5) is 4.39 Å². The van der Waals surface area contributed by atoms with Gasteiger partial charge in [-0.05, 0) is 28.4 Å². The SMILES string of the molecule is CCCCC(=O)c1cc(Br)c(F)cc1OC. The maximum atomic E-state index is 13.2. The van der Waals surface area contributed by atoms with E-state index in [1.54, 1.807) is 0 Å². The molecule has 2 nitrogen and oxygen atoms in total. The van der Waals surface area contributed by atoms with Crippen LogP contribution in [0, 0.1) is 5.82 Å². The predicted octanol–water partition coefficient (Wildman–Crippen LogP) is 3.97. The van der Waals surface area contributed by atoms with E-state index in [1.165, 1.54) is 19.2 Å². The molecule has 4 heteroatoms. The van der Waals surface area contributed by atoms with Crippen LogP contribution in [0.5, 0.6) is 5.75 Å². The van der Waals surface area contributed by atoms with E-state index in [9.17, 15) is 9.18 Å². The van der Waals surface area contributed by atoms with E-state index in [2.05, 4.69) is 15.9 Å². The van der Waals surface area contributed by atoms with Gasteiger partial charge in [-0.1, -0.05) is 13.3 Å². The average molecular weight is 289 g/mol. The third kappa shape index (κ3) is 3.04. The highest BCUT2D eigenvalue weighted by Crippen LogP contribution is 2.27. The van der Waals surface area contributed by atoms with Crippen LogP contribution in [0.3, 0.4) is 0 Å². The summed E-state index contributed by atoms with van der Waals surface area (Å²) in [6, 6.07) is 2.70. The quantitative estimate of drug-likeness (QED) is 0.767. The first-order valence-electron chi connectivity index (χ1n) is 5.16. The van der Waals surface area contributed by atoms with Crippen LogP contribution in [0.1, 0.15) is 36.5 Å². The van der Waals surface area contributed by atoms with E-state index >= 15 is 0 Å². The van der Waals surface area contributed by atoms with Crippen molar-refractivity contribution in [3.05, 3.63) is 28.0 Å². The van der Waals surface area contributed by atoms with Gasteiger partial charge in [-0.25, -0.2) is 4.39 Å². The van der Waals surface area contributed by atoms with Crippen molar-refractivity contribution in [1.82, 2.24) is 0 Å². The molecule has 0 aromatic heterocycles. The second-order valence-corrected chi connectivity index (χ2v) is 4.35. The molecule has 1 rings (SSSR count). The van der Waals surface area contributed by atoms with Crippen molar-refractivity contribution in [2.24, 2.45) is 0 Å². The summed E-state index contributed by atoms with van der Waals surface area (Å²) in [5, 5.41) is 0. The monoisotopic (exact) mass is 288 g/mol. The minimum atomic E-state index is -0.427. The highest BCUT2D eigenvalue weighted by Gasteiger charge is 2.15. The Morgan fingerprint density at radius 3 is 2.75 bits per heavy atom. The molecule has 0 amide bonds. The van der Waals surface area contributed by atoms with Gasteiger partial charge in [0.2, 0.25) is 0 Å². The summed E-state index contributed by atoms with van der Waals surface area (Å²) in [7, 11) is 1.43. The summed E-state index contributed by atoms with van der Waals surface area (Å²) < 4.78 is 18.5. The number of ketones is 1. The molecule has 0 aliphatic rings. The lowest BCUT2D eigenvalue weighted by molar-refractivity contribution is 0.0976. The van der Waals surface area contributed by atoms with E-state index in [0.29, 0.717) is 17.7 Å². The molecule has 0 spiro atoms. The normalized spacial score (nSPS) is 10.2. The first-order valence-corrected chi connectivity index (χ1v) is 5.95. The number of unbranched alkanes of at least 4 members (excludes halogenated alkanes) is 1. The molecule has 0 unspecified atom stereocenters. The van der Waals surface area contributed by atoms with Crippen molar-refractivity contribution < 1.29 is 13.9 Å². The summed E-state index contributed by atoms with van der Waals surface area (Å²) in [6.45, 7) is 2.02. The molecule has 0 fully saturated rings. The second-order valence-electron chi connectivity index (χ2n) is 3.49. The van der Waals surface area contributed by atoms with Gasteiger partial charge in [0, 0.05) is 12.5 Å². The molecule has 0 radical (unpaired) electrons. The molecule has 0 heterocycles. The van der Waals surface area contributed by atoms with Crippen LogP contribution in [0.15, 0.2) is 16.6 Å². The van der Waals surface area contributed by atoms with Crippen molar-refractivity contribution >= 4 is 21.7 Å². The molecule has 0 aliphatic carbocycles. The molecule has 16 heavy (non-hydrogen) atoms. The predicted molar refractivity (Wildman–Crippen MR) is 64.5 cm³/mol. The number of halogens is 2. The fraction of sp³-hybridized carbons (Fsp3) is 0.417. The van der Waals surface area contributed by atoms with E-state index in [4.69, 9.17) is 4.74 Å².